The summed E-state index contributed by atoms with van der Waals surface area (Å²) in [7, 11) is -3.69. The lowest BCUT2D eigenvalue weighted by atomic mass is 10.2. The molecule has 0 aliphatic heterocycles. The van der Waals surface area contributed by atoms with Crippen molar-refractivity contribution in [1.82, 2.24) is 4.72 Å². The van der Waals surface area contributed by atoms with Crippen LogP contribution in [0.2, 0.25) is 0 Å². The van der Waals surface area contributed by atoms with Crippen molar-refractivity contribution in [3.8, 4) is 0 Å². The molecular formula is C12H19FN2O2S. The van der Waals surface area contributed by atoms with Crippen molar-refractivity contribution in [3.63, 3.8) is 0 Å². The summed E-state index contributed by atoms with van der Waals surface area (Å²) in [5.74, 6) is -0.607. The Morgan fingerprint density at radius 3 is 2.61 bits per heavy atom. The minimum atomic E-state index is -3.69. The maximum atomic E-state index is 13.4. The Hall–Kier alpha value is -1.14. The molecule has 1 aromatic carbocycles. The molecule has 0 aliphatic carbocycles. The third-order valence-corrected chi connectivity index (χ3v) is 4.27. The predicted molar refractivity (Wildman–Crippen MR) is 70.3 cm³/mol. The van der Waals surface area contributed by atoms with E-state index in [4.69, 9.17) is 5.73 Å². The Balaban J connectivity index is 2.91. The molecule has 0 radical (unpaired) electrons. The zero-order valence-corrected chi connectivity index (χ0v) is 11.5. The first-order valence-electron chi connectivity index (χ1n) is 5.93. The van der Waals surface area contributed by atoms with E-state index in [1.165, 1.54) is 13.0 Å². The van der Waals surface area contributed by atoms with Crippen LogP contribution < -0.4 is 10.5 Å². The summed E-state index contributed by atoms with van der Waals surface area (Å²) in [5, 5.41) is 0. The molecule has 0 spiro atoms. The molecular weight excluding hydrogens is 255 g/mol. The number of unbranched alkanes of at least 4 members (excludes halogenated alkanes) is 2. The normalized spacial score (nSPS) is 11.7. The Labute approximate surface area is 107 Å². The predicted octanol–water partition coefficient (Wildman–Crippen LogP) is 2.18. The van der Waals surface area contributed by atoms with E-state index in [1.54, 1.807) is 0 Å². The van der Waals surface area contributed by atoms with Gasteiger partial charge in [0.2, 0.25) is 10.0 Å². The molecule has 0 heterocycles. The second kappa shape index (κ2) is 6.15. The highest BCUT2D eigenvalue weighted by Gasteiger charge is 2.19. The smallest absolute Gasteiger partial charge is 0.241 e. The highest BCUT2D eigenvalue weighted by Crippen LogP contribution is 2.21. The van der Waals surface area contributed by atoms with Crippen LogP contribution in [0.15, 0.2) is 17.0 Å². The fourth-order valence-corrected chi connectivity index (χ4v) is 2.97. The van der Waals surface area contributed by atoms with Crippen LogP contribution in [0.5, 0.6) is 0 Å². The summed E-state index contributed by atoms with van der Waals surface area (Å²) in [6, 6.07) is 2.39. The number of nitrogen functional groups attached to an aromatic ring is 1. The van der Waals surface area contributed by atoms with Crippen LogP contribution in [-0.2, 0) is 10.0 Å². The van der Waals surface area contributed by atoms with E-state index in [0.29, 0.717) is 6.54 Å². The molecule has 1 rings (SSSR count). The summed E-state index contributed by atoms with van der Waals surface area (Å²) >= 11 is 0. The molecule has 0 atom stereocenters. The van der Waals surface area contributed by atoms with Crippen LogP contribution in [0.25, 0.3) is 0 Å². The molecule has 3 N–H and O–H groups in total. The summed E-state index contributed by atoms with van der Waals surface area (Å²) in [5.41, 5.74) is 5.66. The Morgan fingerprint density at radius 1 is 1.33 bits per heavy atom. The van der Waals surface area contributed by atoms with Crippen LogP contribution in [0.4, 0.5) is 10.1 Å². The van der Waals surface area contributed by atoms with Crippen LogP contribution in [0.3, 0.4) is 0 Å². The van der Waals surface area contributed by atoms with E-state index in [9.17, 15) is 12.8 Å². The lowest BCUT2D eigenvalue weighted by Gasteiger charge is -2.10. The Kier molecular flexibility index (Phi) is 5.10. The van der Waals surface area contributed by atoms with Crippen molar-refractivity contribution in [3.05, 3.63) is 23.5 Å². The zero-order chi connectivity index (χ0) is 13.8. The first-order chi connectivity index (χ1) is 8.38. The van der Waals surface area contributed by atoms with Gasteiger partial charge in [0.1, 0.15) is 5.82 Å². The molecule has 0 amide bonds. The van der Waals surface area contributed by atoms with E-state index in [-0.39, 0.29) is 16.1 Å². The molecule has 0 saturated carbocycles. The van der Waals surface area contributed by atoms with E-state index < -0.39 is 15.8 Å². The van der Waals surface area contributed by atoms with Crippen molar-refractivity contribution in [2.45, 2.75) is 38.0 Å². The topological polar surface area (TPSA) is 72.2 Å². The first-order valence-corrected chi connectivity index (χ1v) is 7.42. The standard InChI is InChI=1S/C12H19FN2O2S/c1-3-4-5-6-15-18(16,17)12-8-10(14)7-11(13)9(12)2/h7-8,15H,3-6,14H2,1-2H3. The molecule has 0 bridgehead atoms. The SMILES string of the molecule is CCCCCNS(=O)(=O)c1cc(N)cc(F)c1C. The van der Waals surface area contributed by atoms with E-state index >= 15 is 0 Å². The van der Waals surface area contributed by atoms with E-state index in [1.807, 2.05) is 6.92 Å². The van der Waals surface area contributed by atoms with Gasteiger partial charge in [0, 0.05) is 17.8 Å². The van der Waals surface area contributed by atoms with Crippen molar-refractivity contribution in [2.75, 3.05) is 12.3 Å². The summed E-state index contributed by atoms with van der Waals surface area (Å²) < 4.78 is 39.9. The molecule has 0 aromatic heterocycles. The molecule has 0 fully saturated rings. The van der Waals surface area contributed by atoms with Crippen LogP contribution in [-0.4, -0.2) is 15.0 Å². The zero-order valence-electron chi connectivity index (χ0n) is 10.7. The van der Waals surface area contributed by atoms with Gasteiger partial charge in [0.25, 0.3) is 0 Å². The van der Waals surface area contributed by atoms with Crippen molar-refractivity contribution in [1.29, 1.82) is 0 Å². The maximum Gasteiger partial charge on any atom is 0.241 e. The summed E-state index contributed by atoms with van der Waals surface area (Å²) in [6.07, 6.45) is 2.72. The van der Waals surface area contributed by atoms with Gasteiger partial charge >= 0.3 is 0 Å². The van der Waals surface area contributed by atoms with Gasteiger partial charge in [-0.2, -0.15) is 0 Å². The molecule has 6 heteroatoms. The fourth-order valence-electron chi connectivity index (χ4n) is 1.61. The lowest BCUT2D eigenvalue weighted by Crippen LogP contribution is -2.26. The van der Waals surface area contributed by atoms with Crippen molar-refractivity contribution in [2.24, 2.45) is 0 Å². The maximum absolute atomic E-state index is 13.4. The van der Waals surface area contributed by atoms with Crippen LogP contribution >= 0.6 is 0 Å². The largest absolute Gasteiger partial charge is 0.399 e. The highest BCUT2D eigenvalue weighted by molar-refractivity contribution is 7.89. The monoisotopic (exact) mass is 274 g/mol. The molecule has 0 aliphatic rings. The number of nitrogens with one attached hydrogen (secondary N) is 1. The first kappa shape index (κ1) is 14.9. The second-order valence-electron chi connectivity index (χ2n) is 4.23. The number of benzene rings is 1. The third kappa shape index (κ3) is 3.68. The average Bonchev–Trinajstić information content (AvgIpc) is 2.29. The number of halogens is 1. The summed E-state index contributed by atoms with van der Waals surface area (Å²) in [4.78, 5) is -0.0866. The highest BCUT2D eigenvalue weighted by atomic mass is 32.2. The van der Waals surface area contributed by atoms with Gasteiger partial charge in [-0.1, -0.05) is 19.8 Å². The van der Waals surface area contributed by atoms with Gasteiger partial charge in [-0.15, -0.1) is 0 Å². The molecule has 0 saturated heterocycles. The van der Waals surface area contributed by atoms with Gasteiger partial charge < -0.3 is 5.73 Å². The van der Waals surface area contributed by atoms with Gasteiger partial charge in [-0.3, -0.25) is 0 Å². The van der Waals surface area contributed by atoms with Gasteiger partial charge in [-0.05, 0) is 25.5 Å². The molecule has 1 aromatic rings. The molecule has 0 unspecified atom stereocenters. The average molecular weight is 274 g/mol. The van der Waals surface area contributed by atoms with Gasteiger partial charge in [0.05, 0.1) is 4.90 Å². The molecule has 102 valence electrons. The van der Waals surface area contributed by atoms with Crippen LogP contribution in [0.1, 0.15) is 31.7 Å². The van der Waals surface area contributed by atoms with Gasteiger partial charge in [0.15, 0.2) is 0 Å². The van der Waals surface area contributed by atoms with Crippen LogP contribution in [0, 0.1) is 12.7 Å². The number of nitrogens with two attached hydrogens (primary N) is 1. The van der Waals surface area contributed by atoms with Gasteiger partial charge in [-0.25, -0.2) is 17.5 Å². The number of hydrogen-bond donors (Lipinski definition) is 2. The number of rotatable bonds is 6. The Morgan fingerprint density at radius 2 is 2.00 bits per heavy atom. The second-order valence-corrected chi connectivity index (χ2v) is 5.97. The fraction of sp³-hybridized carbons (Fsp3) is 0.500. The van der Waals surface area contributed by atoms with Crippen molar-refractivity contribution >= 4 is 15.7 Å². The molecule has 4 nitrogen and oxygen atoms in total. The minimum absolute atomic E-state index is 0.0866. The lowest BCUT2D eigenvalue weighted by molar-refractivity contribution is 0.570. The number of anilines is 1. The van der Waals surface area contributed by atoms with E-state index in [0.717, 1.165) is 25.3 Å². The third-order valence-electron chi connectivity index (χ3n) is 2.68. The minimum Gasteiger partial charge on any atom is -0.399 e. The van der Waals surface area contributed by atoms with E-state index in [2.05, 4.69) is 4.72 Å². The molecule has 18 heavy (non-hydrogen) atoms. The number of hydrogen-bond acceptors (Lipinski definition) is 3. The quantitative estimate of drug-likeness (QED) is 0.617. The Bertz CT molecular complexity index is 515. The summed E-state index contributed by atoms with van der Waals surface area (Å²) in [6.45, 7) is 3.81. The van der Waals surface area contributed by atoms with Crippen molar-refractivity contribution < 1.29 is 12.8 Å². The number of sulfonamides is 1.